The number of hydrogen-bond acceptors (Lipinski definition) is 2. The Hall–Kier alpha value is -1.83. The van der Waals surface area contributed by atoms with Crippen molar-refractivity contribution >= 4 is 0 Å². The first kappa shape index (κ1) is 12.2. The molecule has 0 unspecified atom stereocenters. The van der Waals surface area contributed by atoms with Gasteiger partial charge in [0.15, 0.2) is 0 Å². The van der Waals surface area contributed by atoms with Crippen molar-refractivity contribution in [2.75, 3.05) is 7.11 Å². The molecule has 0 saturated carbocycles. The van der Waals surface area contributed by atoms with E-state index in [9.17, 15) is 0 Å². The normalized spacial score (nSPS) is 9.38. The lowest BCUT2D eigenvalue weighted by atomic mass is 10.1. The summed E-state index contributed by atoms with van der Waals surface area (Å²) in [6, 6.07) is 12.3. The van der Waals surface area contributed by atoms with E-state index in [-0.39, 0.29) is 7.43 Å². The molecule has 0 amide bonds. The highest BCUT2D eigenvalue weighted by Crippen LogP contribution is 2.20. The highest BCUT2D eigenvalue weighted by Gasteiger charge is 1.98. The number of rotatable bonds is 2. The molecule has 2 heteroatoms. The van der Waals surface area contributed by atoms with Gasteiger partial charge in [-0.2, -0.15) is 0 Å². The molecular weight excluding hydrogens is 198 g/mol. The lowest BCUT2D eigenvalue weighted by molar-refractivity contribution is 0.398. The second-order valence-electron chi connectivity index (χ2n) is 3.46. The van der Waals surface area contributed by atoms with Crippen molar-refractivity contribution in [1.82, 2.24) is 4.98 Å². The van der Waals surface area contributed by atoms with E-state index in [1.807, 2.05) is 18.3 Å². The van der Waals surface area contributed by atoms with E-state index >= 15 is 0 Å². The Balaban J connectivity index is 0.00000128. The van der Waals surface area contributed by atoms with Gasteiger partial charge in [-0.3, -0.25) is 0 Å². The predicted octanol–water partition coefficient (Wildman–Crippen LogP) is 3.70. The molecule has 0 bridgehead atoms. The molecule has 0 N–H and O–H groups in total. The summed E-state index contributed by atoms with van der Waals surface area (Å²) in [6.45, 7) is 2.08. The molecule has 2 aromatic rings. The third-order valence-corrected chi connectivity index (χ3v) is 2.33. The van der Waals surface area contributed by atoms with Crippen molar-refractivity contribution in [2.45, 2.75) is 14.4 Å². The molecule has 1 aromatic heterocycles. The van der Waals surface area contributed by atoms with Gasteiger partial charge in [0.1, 0.15) is 0 Å². The van der Waals surface area contributed by atoms with E-state index in [0.29, 0.717) is 5.88 Å². The summed E-state index contributed by atoms with van der Waals surface area (Å²) in [5.41, 5.74) is 3.55. The van der Waals surface area contributed by atoms with E-state index in [1.54, 1.807) is 7.11 Å². The highest BCUT2D eigenvalue weighted by molar-refractivity contribution is 5.62. The minimum Gasteiger partial charge on any atom is -0.481 e. The summed E-state index contributed by atoms with van der Waals surface area (Å²) < 4.78 is 5.01. The molecule has 0 aliphatic carbocycles. The molecule has 1 aromatic carbocycles. The SMILES string of the molecule is C.COc1ccc(-c2ccc(C)cc2)cn1. The van der Waals surface area contributed by atoms with Crippen LogP contribution < -0.4 is 4.74 Å². The zero-order valence-electron chi connectivity index (χ0n) is 8.90. The fraction of sp³-hybridized carbons (Fsp3) is 0.214. The molecule has 0 spiro atoms. The van der Waals surface area contributed by atoms with Crippen LogP contribution in [0.15, 0.2) is 42.6 Å². The van der Waals surface area contributed by atoms with E-state index in [4.69, 9.17) is 4.74 Å². The van der Waals surface area contributed by atoms with Gasteiger partial charge in [-0.05, 0) is 18.6 Å². The average Bonchev–Trinajstić information content (AvgIpc) is 2.30. The maximum Gasteiger partial charge on any atom is 0.212 e. The molecule has 0 atom stereocenters. The third kappa shape index (κ3) is 2.60. The van der Waals surface area contributed by atoms with Crippen LogP contribution in [0.4, 0.5) is 0 Å². The quantitative estimate of drug-likeness (QED) is 0.762. The van der Waals surface area contributed by atoms with Crippen molar-refractivity contribution in [2.24, 2.45) is 0 Å². The molecule has 0 aliphatic heterocycles. The fourth-order valence-electron chi connectivity index (χ4n) is 1.42. The first-order valence-corrected chi connectivity index (χ1v) is 4.86. The Morgan fingerprint density at radius 3 is 2.06 bits per heavy atom. The largest absolute Gasteiger partial charge is 0.481 e. The predicted molar refractivity (Wildman–Crippen MR) is 67.7 cm³/mol. The second-order valence-corrected chi connectivity index (χ2v) is 3.46. The summed E-state index contributed by atoms with van der Waals surface area (Å²) in [5, 5.41) is 0. The average molecular weight is 215 g/mol. The molecule has 1 heterocycles. The van der Waals surface area contributed by atoms with Gasteiger partial charge in [0, 0.05) is 17.8 Å². The van der Waals surface area contributed by atoms with Crippen LogP contribution in [0.3, 0.4) is 0 Å². The lowest BCUT2D eigenvalue weighted by Crippen LogP contribution is -1.87. The standard InChI is InChI=1S/C13H13NO.CH4/c1-10-3-5-11(6-4-10)12-7-8-13(15-2)14-9-12;/h3-9H,1-2H3;1H4. The van der Waals surface area contributed by atoms with E-state index in [1.165, 1.54) is 11.1 Å². The summed E-state index contributed by atoms with van der Waals surface area (Å²) in [6.07, 6.45) is 1.82. The van der Waals surface area contributed by atoms with Crippen LogP contribution in [-0.4, -0.2) is 12.1 Å². The number of nitrogens with zero attached hydrogens (tertiary/aromatic N) is 1. The monoisotopic (exact) mass is 215 g/mol. The summed E-state index contributed by atoms with van der Waals surface area (Å²) in [5.74, 6) is 0.644. The van der Waals surface area contributed by atoms with Crippen molar-refractivity contribution < 1.29 is 4.74 Å². The van der Waals surface area contributed by atoms with Crippen LogP contribution in [0.1, 0.15) is 13.0 Å². The smallest absolute Gasteiger partial charge is 0.212 e. The molecule has 2 nitrogen and oxygen atoms in total. The number of hydrogen-bond donors (Lipinski definition) is 0. The minimum absolute atomic E-state index is 0. The van der Waals surface area contributed by atoms with E-state index < -0.39 is 0 Å². The number of ether oxygens (including phenoxy) is 1. The van der Waals surface area contributed by atoms with Crippen LogP contribution in [0.5, 0.6) is 5.88 Å². The number of aromatic nitrogens is 1. The number of methoxy groups -OCH3 is 1. The molecule has 84 valence electrons. The lowest BCUT2D eigenvalue weighted by Gasteiger charge is -2.03. The molecule has 16 heavy (non-hydrogen) atoms. The first-order chi connectivity index (χ1) is 7.29. The highest BCUT2D eigenvalue weighted by atomic mass is 16.5. The minimum atomic E-state index is 0. The van der Waals surface area contributed by atoms with Gasteiger partial charge in [0.05, 0.1) is 7.11 Å². The maximum atomic E-state index is 5.01. The summed E-state index contributed by atoms with van der Waals surface area (Å²) >= 11 is 0. The van der Waals surface area contributed by atoms with Crippen LogP contribution in [0.25, 0.3) is 11.1 Å². The van der Waals surface area contributed by atoms with Crippen molar-refractivity contribution in [1.29, 1.82) is 0 Å². The molecule has 0 aliphatic rings. The van der Waals surface area contributed by atoms with Crippen molar-refractivity contribution in [3.63, 3.8) is 0 Å². The number of pyridine rings is 1. The topological polar surface area (TPSA) is 22.1 Å². The van der Waals surface area contributed by atoms with Gasteiger partial charge in [-0.15, -0.1) is 0 Å². The van der Waals surface area contributed by atoms with E-state index in [2.05, 4.69) is 36.2 Å². The Labute approximate surface area is 96.9 Å². The van der Waals surface area contributed by atoms with Gasteiger partial charge in [-0.1, -0.05) is 37.3 Å². The number of aryl methyl sites for hydroxylation is 1. The van der Waals surface area contributed by atoms with Gasteiger partial charge in [-0.25, -0.2) is 4.98 Å². The van der Waals surface area contributed by atoms with E-state index in [0.717, 1.165) is 5.56 Å². The molecule has 0 saturated heterocycles. The third-order valence-electron chi connectivity index (χ3n) is 2.33. The van der Waals surface area contributed by atoms with Crippen LogP contribution in [-0.2, 0) is 0 Å². The Morgan fingerprint density at radius 2 is 1.56 bits per heavy atom. The zero-order chi connectivity index (χ0) is 10.7. The fourth-order valence-corrected chi connectivity index (χ4v) is 1.42. The molecule has 2 rings (SSSR count). The van der Waals surface area contributed by atoms with Crippen LogP contribution in [0, 0.1) is 6.92 Å². The van der Waals surface area contributed by atoms with Gasteiger partial charge in [0.2, 0.25) is 5.88 Å². The first-order valence-electron chi connectivity index (χ1n) is 4.86. The van der Waals surface area contributed by atoms with Crippen LogP contribution >= 0.6 is 0 Å². The molecule has 0 fully saturated rings. The Morgan fingerprint density at radius 1 is 0.938 bits per heavy atom. The molecular formula is C14H17NO. The Kier molecular flexibility index (Phi) is 4.06. The number of benzene rings is 1. The summed E-state index contributed by atoms with van der Waals surface area (Å²) in [7, 11) is 1.62. The Bertz CT molecular complexity index is 431. The molecule has 0 radical (unpaired) electrons. The van der Waals surface area contributed by atoms with Gasteiger partial charge in [0.25, 0.3) is 0 Å². The van der Waals surface area contributed by atoms with Gasteiger partial charge >= 0.3 is 0 Å². The van der Waals surface area contributed by atoms with Crippen molar-refractivity contribution in [3.05, 3.63) is 48.2 Å². The zero-order valence-corrected chi connectivity index (χ0v) is 8.90. The summed E-state index contributed by atoms with van der Waals surface area (Å²) in [4.78, 5) is 4.17. The maximum absolute atomic E-state index is 5.01. The van der Waals surface area contributed by atoms with Gasteiger partial charge < -0.3 is 4.74 Å². The van der Waals surface area contributed by atoms with Crippen molar-refractivity contribution in [3.8, 4) is 17.0 Å². The second kappa shape index (κ2) is 5.31. The van der Waals surface area contributed by atoms with Crippen LogP contribution in [0.2, 0.25) is 0 Å².